The molecule has 0 aromatic heterocycles. The summed E-state index contributed by atoms with van der Waals surface area (Å²) in [5.41, 5.74) is 5.50. The molecule has 116 valence electrons. The molecule has 20 heavy (non-hydrogen) atoms. The number of nitrogens with zero attached hydrogens (tertiary/aromatic N) is 3. The van der Waals surface area contributed by atoms with Gasteiger partial charge in [0.15, 0.2) is 5.84 Å². The number of amidine groups is 1. The van der Waals surface area contributed by atoms with Crippen LogP contribution in [0.3, 0.4) is 0 Å². The summed E-state index contributed by atoms with van der Waals surface area (Å²) in [4.78, 5) is 16.5. The number of nitrogens with two attached hydrogens (primary N) is 1. The lowest BCUT2D eigenvalue weighted by Crippen LogP contribution is -2.51. The van der Waals surface area contributed by atoms with Crippen LogP contribution < -0.4 is 5.73 Å². The molecule has 1 saturated heterocycles. The van der Waals surface area contributed by atoms with E-state index >= 15 is 0 Å². The van der Waals surface area contributed by atoms with Gasteiger partial charge in [-0.15, -0.1) is 0 Å². The molecule has 0 aromatic rings. The fraction of sp³-hybridized carbons (Fsp3) is 0.857. The fourth-order valence-corrected chi connectivity index (χ4v) is 2.60. The third kappa shape index (κ3) is 5.00. The zero-order valence-corrected chi connectivity index (χ0v) is 12.7. The summed E-state index contributed by atoms with van der Waals surface area (Å²) in [6, 6.07) is 0. The van der Waals surface area contributed by atoms with Gasteiger partial charge in [0, 0.05) is 32.1 Å². The van der Waals surface area contributed by atoms with Gasteiger partial charge in [0.1, 0.15) is 0 Å². The van der Waals surface area contributed by atoms with Gasteiger partial charge < -0.3 is 15.8 Å². The van der Waals surface area contributed by atoms with Crippen molar-refractivity contribution in [1.82, 2.24) is 9.80 Å². The number of amides is 1. The molecule has 6 heteroatoms. The molecule has 0 radical (unpaired) electrons. The number of oxime groups is 1. The first-order chi connectivity index (χ1) is 9.62. The maximum atomic E-state index is 12.4. The van der Waals surface area contributed by atoms with Gasteiger partial charge in [-0.3, -0.25) is 9.69 Å². The second-order valence-electron chi connectivity index (χ2n) is 5.44. The molecule has 0 saturated carbocycles. The summed E-state index contributed by atoms with van der Waals surface area (Å²) in [5.74, 6) is 0.689. The fourth-order valence-electron chi connectivity index (χ4n) is 2.60. The number of hydrogen-bond acceptors (Lipinski definition) is 4. The Balaban J connectivity index is 2.41. The molecule has 0 aliphatic carbocycles. The number of hydrogen-bond donors (Lipinski definition) is 2. The van der Waals surface area contributed by atoms with Crippen LogP contribution in [0.5, 0.6) is 0 Å². The standard InChI is InChI=1S/C14H28N4O2/c1-3-5-6-12(4-2)14(19)18-9-7-17(8-10-18)11-13(15)16-20/h12,20H,3-11H2,1-2H3,(H2,15,16). The molecule has 1 unspecified atom stereocenters. The summed E-state index contributed by atoms with van der Waals surface area (Å²) in [5, 5.41) is 11.5. The predicted octanol–water partition coefficient (Wildman–Crippen LogP) is 1.09. The summed E-state index contributed by atoms with van der Waals surface area (Å²) in [7, 11) is 0. The van der Waals surface area contributed by atoms with Crippen molar-refractivity contribution in [1.29, 1.82) is 0 Å². The summed E-state index contributed by atoms with van der Waals surface area (Å²) in [6.45, 7) is 7.75. The van der Waals surface area contributed by atoms with Crippen LogP contribution in [0, 0.1) is 5.92 Å². The normalized spacial score (nSPS) is 19.1. The van der Waals surface area contributed by atoms with Crippen LogP contribution in [0.4, 0.5) is 0 Å². The summed E-state index contributed by atoms with van der Waals surface area (Å²) >= 11 is 0. The molecule has 6 nitrogen and oxygen atoms in total. The van der Waals surface area contributed by atoms with Crippen LogP contribution in [-0.4, -0.2) is 59.5 Å². The molecular formula is C14H28N4O2. The zero-order valence-electron chi connectivity index (χ0n) is 12.7. The van der Waals surface area contributed by atoms with E-state index in [-0.39, 0.29) is 11.8 Å². The van der Waals surface area contributed by atoms with Crippen molar-refractivity contribution in [3.05, 3.63) is 0 Å². The number of carbonyl (C=O) groups excluding carboxylic acids is 1. The Labute approximate surface area is 121 Å². The highest BCUT2D eigenvalue weighted by atomic mass is 16.4. The van der Waals surface area contributed by atoms with E-state index in [1.165, 1.54) is 0 Å². The minimum Gasteiger partial charge on any atom is -0.409 e. The Kier molecular flexibility index (Phi) is 7.36. The lowest BCUT2D eigenvalue weighted by atomic mass is 9.97. The molecule has 3 N–H and O–H groups in total. The van der Waals surface area contributed by atoms with Gasteiger partial charge in [0.2, 0.25) is 5.91 Å². The Hall–Kier alpha value is -1.30. The van der Waals surface area contributed by atoms with E-state index in [0.717, 1.165) is 51.9 Å². The highest BCUT2D eigenvalue weighted by Gasteiger charge is 2.26. The van der Waals surface area contributed by atoms with Crippen molar-refractivity contribution in [3.8, 4) is 0 Å². The monoisotopic (exact) mass is 284 g/mol. The Morgan fingerprint density at radius 2 is 1.95 bits per heavy atom. The first-order valence-electron chi connectivity index (χ1n) is 7.59. The third-order valence-corrected chi connectivity index (χ3v) is 3.95. The van der Waals surface area contributed by atoms with Gasteiger partial charge in [-0.2, -0.15) is 0 Å². The molecule has 0 aromatic carbocycles. The topological polar surface area (TPSA) is 82.2 Å². The number of carbonyl (C=O) groups is 1. The van der Waals surface area contributed by atoms with Crippen LogP contribution in [0.25, 0.3) is 0 Å². The van der Waals surface area contributed by atoms with Gasteiger partial charge in [-0.25, -0.2) is 0 Å². The molecule has 1 aliphatic heterocycles. The van der Waals surface area contributed by atoms with Gasteiger partial charge in [0.25, 0.3) is 0 Å². The first-order valence-corrected chi connectivity index (χ1v) is 7.59. The van der Waals surface area contributed by atoms with Crippen molar-refractivity contribution >= 4 is 11.7 Å². The average Bonchev–Trinajstić information content (AvgIpc) is 2.48. The van der Waals surface area contributed by atoms with E-state index in [1.807, 2.05) is 4.90 Å². The van der Waals surface area contributed by atoms with E-state index in [4.69, 9.17) is 10.9 Å². The molecule has 1 rings (SSSR count). The molecule has 1 aliphatic rings. The predicted molar refractivity (Wildman–Crippen MR) is 79.7 cm³/mol. The van der Waals surface area contributed by atoms with Gasteiger partial charge in [-0.05, 0) is 12.8 Å². The minimum atomic E-state index is 0.172. The van der Waals surface area contributed by atoms with E-state index in [2.05, 4.69) is 23.9 Å². The van der Waals surface area contributed by atoms with Crippen molar-refractivity contribution in [2.24, 2.45) is 16.8 Å². The van der Waals surface area contributed by atoms with Crippen LogP contribution in [-0.2, 0) is 4.79 Å². The maximum Gasteiger partial charge on any atom is 0.225 e. The second kappa shape index (κ2) is 8.79. The van der Waals surface area contributed by atoms with Gasteiger partial charge in [0.05, 0.1) is 6.54 Å². The lowest BCUT2D eigenvalue weighted by Gasteiger charge is -2.36. The number of unbranched alkanes of at least 4 members (excludes halogenated alkanes) is 1. The summed E-state index contributed by atoms with van der Waals surface area (Å²) in [6.07, 6.45) is 4.17. The van der Waals surface area contributed by atoms with Gasteiger partial charge in [-0.1, -0.05) is 31.8 Å². The minimum absolute atomic E-state index is 0.172. The Morgan fingerprint density at radius 3 is 2.45 bits per heavy atom. The molecule has 1 atom stereocenters. The third-order valence-electron chi connectivity index (χ3n) is 3.95. The van der Waals surface area contributed by atoms with E-state index < -0.39 is 0 Å². The first kappa shape index (κ1) is 16.8. The number of piperazine rings is 1. The quantitative estimate of drug-likeness (QED) is 0.317. The molecule has 1 fully saturated rings. The molecule has 0 spiro atoms. The van der Waals surface area contributed by atoms with Gasteiger partial charge >= 0.3 is 0 Å². The number of rotatable bonds is 7. The average molecular weight is 284 g/mol. The Bertz CT molecular complexity index is 325. The highest BCUT2D eigenvalue weighted by molar-refractivity contribution is 5.81. The van der Waals surface area contributed by atoms with Crippen LogP contribution >= 0.6 is 0 Å². The van der Waals surface area contributed by atoms with Crippen LogP contribution in [0.1, 0.15) is 39.5 Å². The Morgan fingerprint density at radius 1 is 1.30 bits per heavy atom. The van der Waals surface area contributed by atoms with E-state index in [0.29, 0.717) is 12.5 Å². The largest absolute Gasteiger partial charge is 0.409 e. The van der Waals surface area contributed by atoms with Crippen molar-refractivity contribution in [2.75, 3.05) is 32.7 Å². The second-order valence-corrected chi connectivity index (χ2v) is 5.44. The zero-order chi connectivity index (χ0) is 15.0. The molecule has 1 heterocycles. The molecule has 1 amide bonds. The van der Waals surface area contributed by atoms with E-state index in [1.54, 1.807) is 0 Å². The molecule has 0 bridgehead atoms. The lowest BCUT2D eigenvalue weighted by molar-refractivity contribution is -0.137. The van der Waals surface area contributed by atoms with Crippen molar-refractivity contribution in [2.45, 2.75) is 39.5 Å². The van der Waals surface area contributed by atoms with Crippen molar-refractivity contribution in [3.63, 3.8) is 0 Å². The van der Waals surface area contributed by atoms with Crippen molar-refractivity contribution < 1.29 is 10.0 Å². The van der Waals surface area contributed by atoms with Crippen LogP contribution in [0.2, 0.25) is 0 Å². The smallest absolute Gasteiger partial charge is 0.225 e. The summed E-state index contributed by atoms with van der Waals surface area (Å²) < 4.78 is 0. The molecular weight excluding hydrogens is 256 g/mol. The SMILES string of the molecule is CCCCC(CC)C(=O)N1CCN(CC(N)=NO)CC1. The van der Waals surface area contributed by atoms with E-state index in [9.17, 15) is 4.79 Å². The van der Waals surface area contributed by atoms with Crippen LogP contribution in [0.15, 0.2) is 5.16 Å². The maximum absolute atomic E-state index is 12.4. The highest BCUT2D eigenvalue weighted by Crippen LogP contribution is 2.17.